The Morgan fingerprint density at radius 2 is 1.14 bits per heavy atom. The maximum Gasteiger partial charge on any atom is 0.379 e. The van der Waals surface area contributed by atoms with Crippen molar-refractivity contribution in [3.05, 3.63) is 37.4 Å². The summed E-state index contributed by atoms with van der Waals surface area (Å²) in [7, 11) is -1.08. The summed E-state index contributed by atoms with van der Waals surface area (Å²) in [5.74, 6) is 0. The van der Waals surface area contributed by atoms with Crippen LogP contribution in [0.1, 0.15) is 39.5 Å². The van der Waals surface area contributed by atoms with E-state index < -0.39 is 17.1 Å². The fourth-order valence-corrected chi connectivity index (χ4v) is 1.95. The van der Waals surface area contributed by atoms with Gasteiger partial charge in [0, 0.05) is 10.4 Å². The summed E-state index contributed by atoms with van der Waals surface area (Å²) >= 11 is 0. The van der Waals surface area contributed by atoms with Gasteiger partial charge in [0.15, 0.2) is 0 Å². The Morgan fingerprint density at radius 3 is 1.31 bits per heavy atom. The van der Waals surface area contributed by atoms with E-state index in [0.717, 1.165) is 13.1 Å². The zero-order valence-electron chi connectivity index (χ0n) is 17.2. The molecule has 0 aliphatic rings. The van der Waals surface area contributed by atoms with E-state index in [2.05, 4.69) is 69.6 Å². The molecule has 0 saturated carbocycles. The van der Waals surface area contributed by atoms with Crippen molar-refractivity contribution in [1.82, 2.24) is 9.13 Å². The van der Waals surface area contributed by atoms with Crippen LogP contribution >= 0.6 is 0 Å². The van der Waals surface area contributed by atoms with Crippen LogP contribution in [0.2, 0.25) is 0 Å². The molecule has 0 bridgehead atoms. The van der Waals surface area contributed by atoms with Crippen LogP contribution in [-0.2, 0) is 37.6 Å². The number of alkyl halides is 3. The van der Waals surface area contributed by atoms with Gasteiger partial charge in [-0.3, -0.25) is 8.42 Å². The highest BCUT2D eigenvalue weighted by Gasteiger charge is 1.97. The summed E-state index contributed by atoms with van der Waals surface area (Å²) in [6.07, 6.45) is 17.6. The van der Waals surface area contributed by atoms with Gasteiger partial charge in [-0.15, -0.1) is 0 Å². The molecular formula is C17H31F3N4O4S. The Labute approximate surface area is 170 Å². The van der Waals surface area contributed by atoms with Gasteiger partial charge in [-0.2, -0.15) is 13.2 Å². The largest absolute Gasteiger partial charge is 0.759 e. The van der Waals surface area contributed by atoms with Gasteiger partial charge in [0.2, 0.25) is 12.7 Å². The van der Waals surface area contributed by atoms with E-state index in [1.807, 2.05) is 14.1 Å². The first kappa shape index (κ1) is 29.3. The summed E-state index contributed by atoms with van der Waals surface area (Å²) in [4.78, 5) is 0. The van der Waals surface area contributed by atoms with E-state index in [0.29, 0.717) is 0 Å². The van der Waals surface area contributed by atoms with E-state index in [9.17, 15) is 13.2 Å². The van der Waals surface area contributed by atoms with Gasteiger partial charge in [-0.1, -0.05) is 26.7 Å². The van der Waals surface area contributed by atoms with Crippen LogP contribution in [-0.4, -0.2) is 33.3 Å². The molecule has 170 valence electrons. The number of rotatable bonds is 6. The smallest absolute Gasteiger partial charge is 0.379 e. The van der Waals surface area contributed by atoms with Crippen LogP contribution in [0.4, 0.5) is 13.2 Å². The molecule has 0 saturated heterocycles. The molecule has 0 unspecified atom stereocenters. The number of imidazole rings is 2. The van der Waals surface area contributed by atoms with Crippen molar-refractivity contribution in [2.24, 2.45) is 14.1 Å². The van der Waals surface area contributed by atoms with Crippen molar-refractivity contribution in [3.8, 4) is 0 Å². The highest BCUT2D eigenvalue weighted by molar-refractivity contribution is 7.79. The number of nitrogens with zero attached hydrogens (tertiary/aromatic N) is 4. The molecule has 29 heavy (non-hydrogen) atoms. The Bertz CT molecular complexity index is 682. The maximum absolute atomic E-state index is 9.67. The number of unbranched alkanes of at least 4 members (excludes halogenated alkanes) is 2. The zero-order valence-corrected chi connectivity index (χ0v) is 18.1. The van der Waals surface area contributed by atoms with Crippen molar-refractivity contribution in [1.29, 1.82) is 0 Å². The molecular weight excluding hydrogens is 413 g/mol. The van der Waals surface area contributed by atoms with Gasteiger partial charge in [0.05, 0.1) is 27.2 Å². The van der Waals surface area contributed by atoms with Crippen molar-refractivity contribution in [3.63, 3.8) is 0 Å². The quantitative estimate of drug-likeness (QED) is 0.387. The van der Waals surface area contributed by atoms with Crippen LogP contribution in [0.3, 0.4) is 0 Å². The van der Waals surface area contributed by atoms with E-state index >= 15 is 0 Å². The lowest BCUT2D eigenvalue weighted by Crippen LogP contribution is -2.23. The van der Waals surface area contributed by atoms with E-state index in [1.165, 1.54) is 25.7 Å². The second kappa shape index (κ2) is 17.0. The third kappa shape index (κ3) is 26.1. The molecule has 8 nitrogen and oxygen atoms in total. The number of hydrogen-bond donors (Lipinski definition) is 0. The predicted octanol–water partition coefficient (Wildman–Crippen LogP) is 2.07. The molecule has 0 N–H and O–H groups in total. The van der Waals surface area contributed by atoms with Gasteiger partial charge in [0.1, 0.15) is 24.8 Å². The fourth-order valence-electron chi connectivity index (χ4n) is 1.95. The molecule has 2 aromatic heterocycles. The van der Waals surface area contributed by atoms with Crippen LogP contribution < -0.4 is 9.13 Å². The van der Waals surface area contributed by atoms with Gasteiger partial charge in [0.25, 0.3) is 0 Å². The molecule has 0 aliphatic heterocycles. The molecule has 0 radical (unpaired) electrons. The molecule has 2 heterocycles. The Kier molecular flexibility index (Phi) is 17.1. The second-order valence-corrected chi connectivity index (χ2v) is 6.81. The number of aryl methyl sites for hydroxylation is 4. The third-order valence-electron chi connectivity index (χ3n) is 3.19. The average molecular weight is 445 g/mol. The Hall–Kier alpha value is -1.92. The lowest BCUT2D eigenvalue weighted by atomic mass is 10.3. The summed E-state index contributed by atoms with van der Waals surface area (Å²) in [6, 6.07) is 0. The second-order valence-electron chi connectivity index (χ2n) is 6.00. The average Bonchev–Trinajstić information content (AvgIpc) is 3.17. The lowest BCUT2D eigenvalue weighted by molar-refractivity contribution is -0.671. The highest BCUT2D eigenvalue weighted by Crippen LogP contribution is 1.92. The standard InChI is InChI=1S/2C8H15N2.CHF3.H2O4S/c2*1-3-4-5-10-7-6-9(2)8-10;2-1(3)4;1-5(2,3)4/h2*6-8H,3-5H2,1-2H3;1H;(H2,1,2,3,4)/q2*+1;;/p-2. The predicted molar refractivity (Wildman–Crippen MR) is 98.6 cm³/mol. The first-order valence-electron chi connectivity index (χ1n) is 8.99. The number of aromatic nitrogens is 4. The van der Waals surface area contributed by atoms with Crippen LogP contribution in [0.5, 0.6) is 0 Å². The van der Waals surface area contributed by atoms with Crippen LogP contribution in [0.25, 0.3) is 0 Å². The van der Waals surface area contributed by atoms with Crippen molar-refractivity contribution < 1.29 is 39.8 Å². The minimum absolute atomic E-state index is 1.15. The summed E-state index contributed by atoms with van der Waals surface area (Å²) < 4.78 is 71.6. The maximum atomic E-state index is 9.67. The van der Waals surface area contributed by atoms with Crippen LogP contribution in [0.15, 0.2) is 37.4 Å². The molecule has 0 aliphatic carbocycles. The molecule has 0 amide bonds. The van der Waals surface area contributed by atoms with E-state index in [-0.39, 0.29) is 0 Å². The molecule has 0 fully saturated rings. The molecule has 2 aromatic rings. The van der Waals surface area contributed by atoms with E-state index in [1.54, 1.807) is 0 Å². The zero-order chi connectivity index (χ0) is 22.9. The lowest BCUT2D eigenvalue weighted by Gasteiger charge is -2.06. The van der Waals surface area contributed by atoms with Crippen LogP contribution in [0, 0.1) is 0 Å². The minimum atomic E-state index is -5.17. The normalized spacial score (nSPS) is 10.3. The Morgan fingerprint density at radius 1 is 0.862 bits per heavy atom. The van der Waals surface area contributed by atoms with Gasteiger partial charge >= 0.3 is 6.68 Å². The summed E-state index contributed by atoms with van der Waals surface area (Å²) in [5, 5.41) is 0. The minimum Gasteiger partial charge on any atom is -0.759 e. The molecule has 12 heteroatoms. The van der Waals surface area contributed by atoms with Crippen molar-refractivity contribution >= 4 is 10.4 Å². The number of hydrogen-bond acceptors (Lipinski definition) is 4. The van der Waals surface area contributed by atoms with E-state index in [4.69, 9.17) is 17.5 Å². The Balaban J connectivity index is 0. The summed E-state index contributed by atoms with van der Waals surface area (Å²) in [5.41, 5.74) is 0. The number of halogens is 3. The topological polar surface area (TPSA) is 97.9 Å². The van der Waals surface area contributed by atoms with Crippen molar-refractivity contribution in [2.75, 3.05) is 0 Å². The molecule has 0 spiro atoms. The first-order valence-corrected chi connectivity index (χ1v) is 10.3. The SMILES string of the molecule is CCCCn1cc[n+](C)c1.CCCCn1cc[n+](C)c1.FC(F)F.O=S(=O)([O-])[O-]. The molecule has 0 atom stereocenters. The van der Waals surface area contributed by atoms with Gasteiger partial charge in [-0.05, 0) is 12.8 Å². The van der Waals surface area contributed by atoms with Gasteiger partial charge < -0.3 is 9.11 Å². The van der Waals surface area contributed by atoms with Crippen molar-refractivity contribution in [2.45, 2.75) is 59.3 Å². The first-order chi connectivity index (χ1) is 13.4. The summed E-state index contributed by atoms with van der Waals surface area (Å²) in [6.45, 7) is 3.06. The molecule has 0 aromatic carbocycles. The molecule has 2 rings (SSSR count). The third-order valence-corrected chi connectivity index (χ3v) is 3.19. The fraction of sp³-hybridized carbons (Fsp3) is 0.647. The highest BCUT2D eigenvalue weighted by atomic mass is 32.3. The monoisotopic (exact) mass is 444 g/mol. The van der Waals surface area contributed by atoms with Gasteiger partial charge in [-0.25, -0.2) is 18.3 Å².